The fourth-order valence-corrected chi connectivity index (χ4v) is 3.83. The molecular weight excluding hydrogens is 359 g/mol. The standard InChI is InChI=1S/C24H26F3N/c1-3-28(16-8-10-19-9-6-13-21(17-19)24(25,26)27)18(2)22-15-7-12-20-11-4-5-14-23(20)22/h4-7,9,11-15,17-18H,3,8,10,16H2,1-2H3. The van der Waals surface area contributed by atoms with Gasteiger partial charge in [-0.2, -0.15) is 13.2 Å². The highest BCUT2D eigenvalue weighted by atomic mass is 19.4. The number of rotatable bonds is 7. The Bertz CT molecular complexity index is 912. The number of benzene rings is 3. The van der Waals surface area contributed by atoms with E-state index in [4.69, 9.17) is 0 Å². The quantitative estimate of drug-likeness (QED) is 0.429. The molecule has 0 fully saturated rings. The van der Waals surface area contributed by atoms with Crippen molar-refractivity contribution in [1.82, 2.24) is 4.90 Å². The predicted molar refractivity (Wildman–Crippen MR) is 109 cm³/mol. The second-order valence-electron chi connectivity index (χ2n) is 7.17. The van der Waals surface area contributed by atoms with E-state index in [9.17, 15) is 13.2 Å². The summed E-state index contributed by atoms with van der Waals surface area (Å²) in [5, 5.41) is 2.49. The van der Waals surface area contributed by atoms with Gasteiger partial charge in [-0.25, -0.2) is 0 Å². The molecule has 4 heteroatoms. The van der Waals surface area contributed by atoms with Gasteiger partial charge in [0.05, 0.1) is 5.56 Å². The number of nitrogens with zero attached hydrogens (tertiary/aromatic N) is 1. The summed E-state index contributed by atoms with van der Waals surface area (Å²) in [6, 6.07) is 20.7. The van der Waals surface area contributed by atoms with Crippen molar-refractivity contribution in [3.63, 3.8) is 0 Å². The largest absolute Gasteiger partial charge is 0.416 e. The second-order valence-corrected chi connectivity index (χ2v) is 7.17. The van der Waals surface area contributed by atoms with E-state index in [2.05, 4.69) is 55.1 Å². The first-order valence-electron chi connectivity index (χ1n) is 9.78. The number of hydrogen-bond acceptors (Lipinski definition) is 1. The van der Waals surface area contributed by atoms with Gasteiger partial charge < -0.3 is 0 Å². The van der Waals surface area contributed by atoms with E-state index in [1.165, 1.54) is 28.5 Å². The monoisotopic (exact) mass is 385 g/mol. The molecule has 0 aromatic heterocycles. The summed E-state index contributed by atoms with van der Waals surface area (Å²) < 4.78 is 38.7. The van der Waals surface area contributed by atoms with Crippen LogP contribution in [0.4, 0.5) is 13.2 Å². The van der Waals surface area contributed by atoms with Crippen LogP contribution in [0.1, 0.15) is 43.0 Å². The molecule has 0 saturated carbocycles. The van der Waals surface area contributed by atoms with Crippen molar-refractivity contribution in [2.75, 3.05) is 13.1 Å². The average molecular weight is 385 g/mol. The van der Waals surface area contributed by atoms with Crippen LogP contribution in [0.15, 0.2) is 66.7 Å². The molecule has 0 bridgehead atoms. The summed E-state index contributed by atoms with van der Waals surface area (Å²) in [6.07, 6.45) is -2.82. The highest BCUT2D eigenvalue weighted by Gasteiger charge is 2.30. The maximum absolute atomic E-state index is 12.9. The summed E-state index contributed by atoms with van der Waals surface area (Å²) in [7, 11) is 0. The lowest BCUT2D eigenvalue weighted by Crippen LogP contribution is -2.28. The van der Waals surface area contributed by atoms with Crippen molar-refractivity contribution < 1.29 is 13.2 Å². The molecule has 0 spiro atoms. The van der Waals surface area contributed by atoms with E-state index < -0.39 is 11.7 Å². The molecule has 148 valence electrons. The molecule has 0 aliphatic heterocycles. The second kappa shape index (κ2) is 8.78. The van der Waals surface area contributed by atoms with Crippen molar-refractivity contribution in [1.29, 1.82) is 0 Å². The molecular formula is C24H26F3N. The molecule has 0 radical (unpaired) electrons. The van der Waals surface area contributed by atoms with E-state index in [0.717, 1.165) is 31.1 Å². The molecule has 3 aromatic carbocycles. The van der Waals surface area contributed by atoms with Crippen LogP contribution in [-0.4, -0.2) is 18.0 Å². The van der Waals surface area contributed by atoms with Gasteiger partial charge >= 0.3 is 6.18 Å². The van der Waals surface area contributed by atoms with Crippen LogP contribution in [-0.2, 0) is 12.6 Å². The Hall–Kier alpha value is -2.33. The average Bonchev–Trinajstić information content (AvgIpc) is 2.70. The van der Waals surface area contributed by atoms with Gasteiger partial charge in [0.15, 0.2) is 0 Å². The number of aryl methyl sites for hydroxylation is 1. The molecule has 0 aliphatic carbocycles. The summed E-state index contributed by atoms with van der Waals surface area (Å²) in [5.41, 5.74) is 1.46. The zero-order valence-corrected chi connectivity index (χ0v) is 16.3. The Labute approximate surface area is 164 Å². The van der Waals surface area contributed by atoms with Gasteiger partial charge in [-0.1, -0.05) is 67.6 Å². The van der Waals surface area contributed by atoms with E-state index in [1.54, 1.807) is 6.07 Å². The van der Waals surface area contributed by atoms with Gasteiger partial charge in [0.2, 0.25) is 0 Å². The number of alkyl halides is 3. The van der Waals surface area contributed by atoms with E-state index in [0.29, 0.717) is 6.42 Å². The third-order valence-corrected chi connectivity index (χ3v) is 5.39. The molecule has 3 aromatic rings. The Morgan fingerprint density at radius 1 is 0.929 bits per heavy atom. The third-order valence-electron chi connectivity index (χ3n) is 5.39. The van der Waals surface area contributed by atoms with Crippen LogP contribution < -0.4 is 0 Å². The van der Waals surface area contributed by atoms with Crippen LogP contribution >= 0.6 is 0 Å². The fourth-order valence-electron chi connectivity index (χ4n) is 3.83. The first-order valence-corrected chi connectivity index (χ1v) is 9.78. The Kier molecular flexibility index (Phi) is 6.40. The summed E-state index contributed by atoms with van der Waals surface area (Å²) >= 11 is 0. The van der Waals surface area contributed by atoms with Crippen LogP contribution in [0.25, 0.3) is 10.8 Å². The molecule has 1 atom stereocenters. The maximum atomic E-state index is 12.9. The minimum absolute atomic E-state index is 0.248. The predicted octanol–water partition coefficient (Wildman–Crippen LogP) is 6.87. The molecule has 0 aliphatic rings. The number of hydrogen-bond donors (Lipinski definition) is 0. The Morgan fingerprint density at radius 3 is 2.39 bits per heavy atom. The zero-order chi connectivity index (χ0) is 20.1. The van der Waals surface area contributed by atoms with Crippen molar-refractivity contribution in [2.24, 2.45) is 0 Å². The van der Waals surface area contributed by atoms with Gasteiger partial charge in [-0.15, -0.1) is 0 Å². The van der Waals surface area contributed by atoms with Crippen LogP contribution in [0.3, 0.4) is 0 Å². The SMILES string of the molecule is CCN(CCCc1cccc(C(F)(F)F)c1)C(C)c1cccc2ccccc12. The van der Waals surface area contributed by atoms with Crippen molar-refractivity contribution in [3.8, 4) is 0 Å². The normalized spacial score (nSPS) is 13.2. The van der Waals surface area contributed by atoms with Crippen LogP contribution in [0.5, 0.6) is 0 Å². The third kappa shape index (κ3) is 4.74. The molecule has 0 N–H and O–H groups in total. The van der Waals surface area contributed by atoms with Gasteiger partial charge in [-0.3, -0.25) is 4.90 Å². The lowest BCUT2D eigenvalue weighted by atomic mass is 9.98. The van der Waals surface area contributed by atoms with E-state index in [-0.39, 0.29) is 6.04 Å². The van der Waals surface area contributed by atoms with Gasteiger partial charge in [0.25, 0.3) is 0 Å². The van der Waals surface area contributed by atoms with Gasteiger partial charge in [-0.05, 0) is 60.8 Å². The van der Waals surface area contributed by atoms with Crippen LogP contribution in [0, 0.1) is 0 Å². The highest BCUT2D eigenvalue weighted by Crippen LogP contribution is 2.30. The number of fused-ring (bicyclic) bond motifs is 1. The number of halogens is 3. The lowest BCUT2D eigenvalue weighted by molar-refractivity contribution is -0.137. The van der Waals surface area contributed by atoms with Crippen LogP contribution in [0.2, 0.25) is 0 Å². The molecule has 0 heterocycles. The summed E-state index contributed by atoms with van der Waals surface area (Å²) in [5.74, 6) is 0. The summed E-state index contributed by atoms with van der Waals surface area (Å²) in [4.78, 5) is 2.38. The van der Waals surface area contributed by atoms with Gasteiger partial charge in [0, 0.05) is 6.04 Å². The molecule has 3 rings (SSSR count). The minimum Gasteiger partial charge on any atom is -0.297 e. The van der Waals surface area contributed by atoms with Crippen molar-refractivity contribution >= 4 is 10.8 Å². The first-order chi connectivity index (χ1) is 13.4. The lowest BCUT2D eigenvalue weighted by Gasteiger charge is -2.29. The smallest absolute Gasteiger partial charge is 0.297 e. The zero-order valence-electron chi connectivity index (χ0n) is 16.3. The molecule has 1 unspecified atom stereocenters. The summed E-state index contributed by atoms with van der Waals surface area (Å²) in [6.45, 7) is 6.07. The van der Waals surface area contributed by atoms with Crippen molar-refractivity contribution in [2.45, 2.75) is 38.9 Å². The fraction of sp³-hybridized carbons (Fsp3) is 0.333. The Morgan fingerprint density at radius 2 is 1.64 bits per heavy atom. The van der Waals surface area contributed by atoms with Gasteiger partial charge in [0.1, 0.15) is 0 Å². The molecule has 0 saturated heterocycles. The molecule has 1 nitrogen and oxygen atoms in total. The Balaban J connectivity index is 1.67. The topological polar surface area (TPSA) is 3.24 Å². The van der Waals surface area contributed by atoms with Crippen molar-refractivity contribution in [3.05, 3.63) is 83.4 Å². The highest BCUT2D eigenvalue weighted by molar-refractivity contribution is 5.86. The molecule has 28 heavy (non-hydrogen) atoms. The maximum Gasteiger partial charge on any atom is 0.416 e. The minimum atomic E-state index is -4.28. The first kappa shape index (κ1) is 20.4. The van der Waals surface area contributed by atoms with E-state index in [1.807, 2.05) is 6.07 Å². The molecule has 0 amide bonds. The van der Waals surface area contributed by atoms with E-state index >= 15 is 0 Å².